The number of Topliss-reactive ketones (excluding diaryl/α,β-unsaturated/α-hetero) is 1. The molecule has 5 rings (SSSR count). The third-order valence-electron chi connectivity index (χ3n) is 10.3. The van der Waals surface area contributed by atoms with E-state index in [-0.39, 0.29) is 42.1 Å². The molecule has 1 saturated carbocycles. The number of amides is 1. The fourth-order valence-electron chi connectivity index (χ4n) is 7.49. The quantitative estimate of drug-likeness (QED) is 0.438. The Morgan fingerprint density at radius 3 is 2.54 bits per heavy atom. The molecule has 1 aliphatic heterocycles. The fourth-order valence-corrected chi connectivity index (χ4v) is 7.49. The Hall–Kier alpha value is -2.48. The van der Waals surface area contributed by atoms with E-state index < -0.39 is 29.7 Å². The molecule has 2 fully saturated rings. The highest BCUT2D eigenvalue weighted by Crippen LogP contribution is 2.65. The molecule has 1 aromatic carbocycles. The van der Waals surface area contributed by atoms with E-state index in [9.17, 15) is 14.7 Å². The number of fused-ring (bicyclic) bond motifs is 7. The summed E-state index contributed by atoms with van der Waals surface area (Å²) >= 11 is 0. The molecule has 7 nitrogen and oxygen atoms in total. The number of carbonyl (C=O) groups excluding carboxylic acids is 2. The summed E-state index contributed by atoms with van der Waals surface area (Å²) in [6.45, 7) is 14.4. The van der Waals surface area contributed by atoms with Crippen molar-refractivity contribution in [2.45, 2.75) is 97.4 Å². The Morgan fingerprint density at radius 2 is 1.85 bits per heavy atom. The predicted octanol–water partition coefficient (Wildman–Crippen LogP) is 6.23. The number of ketones is 1. The zero-order chi connectivity index (χ0) is 29.9. The van der Waals surface area contributed by atoms with E-state index in [1.165, 1.54) is 4.90 Å². The molecule has 0 spiro atoms. The van der Waals surface area contributed by atoms with Gasteiger partial charge >= 0.3 is 6.09 Å². The van der Waals surface area contributed by atoms with E-state index in [0.717, 1.165) is 29.6 Å². The summed E-state index contributed by atoms with van der Waals surface area (Å²) in [7, 11) is 1.70. The third kappa shape index (κ3) is 5.53. The first-order valence-electron chi connectivity index (χ1n) is 15.1. The normalized spacial score (nSPS) is 37.9. The number of hydrogen-bond acceptors (Lipinski definition) is 6. The van der Waals surface area contributed by atoms with Crippen LogP contribution in [0.4, 0.5) is 4.79 Å². The Morgan fingerprint density at radius 1 is 1.17 bits per heavy atom. The molecule has 7 heteroatoms. The summed E-state index contributed by atoms with van der Waals surface area (Å²) in [5, 5.41) is 12.7. The van der Waals surface area contributed by atoms with Gasteiger partial charge in [0.05, 0.1) is 12.6 Å². The number of benzene rings is 1. The smallest absolute Gasteiger partial charge is 0.410 e. The second kappa shape index (κ2) is 10.7. The van der Waals surface area contributed by atoms with Crippen LogP contribution >= 0.6 is 0 Å². The maximum absolute atomic E-state index is 14.1. The molecule has 2 bridgehead atoms. The first-order chi connectivity index (χ1) is 19.2. The number of rotatable bonds is 3. The first-order valence-corrected chi connectivity index (χ1v) is 15.1. The fraction of sp³-hybridized carbons (Fsp3) is 0.647. The lowest BCUT2D eigenvalue weighted by Crippen LogP contribution is -2.61. The van der Waals surface area contributed by atoms with Gasteiger partial charge in [-0.2, -0.15) is 0 Å². The lowest BCUT2D eigenvalue weighted by molar-refractivity contribution is -0.290. The highest BCUT2D eigenvalue weighted by Gasteiger charge is 2.64. The van der Waals surface area contributed by atoms with Crippen molar-refractivity contribution in [1.29, 1.82) is 0 Å². The average molecular weight is 566 g/mol. The number of carbonyl (C=O) groups is 2. The van der Waals surface area contributed by atoms with Gasteiger partial charge in [-0.15, -0.1) is 0 Å². The number of ether oxygens (including phenoxy) is 3. The van der Waals surface area contributed by atoms with E-state index in [0.29, 0.717) is 11.8 Å². The number of allylic oxidation sites excluding steroid dienone is 2. The summed E-state index contributed by atoms with van der Waals surface area (Å²) in [4.78, 5) is 29.4. The van der Waals surface area contributed by atoms with Gasteiger partial charge in [0.15, 0.2) is 11.9 Å². The van der Waals surface area contributed by atoms with E-state index in [2.05, 4.69) is 26.8 Å². The zero-order valence-electron chi connectivity index (χ0n) is 25.8. The van der Waals surface area contributed by atoms with Crippen molar-refractivity contribution < 1.29 is 28.9 Å². The summed E-state index contributed by atoms with van der Waals surface area (Å²) in [5.41, 5.74) is 0.659. The molecule has 1 amide bonds. The molecule has 3 aliphatic carbocycles. The Balaban J connectivity index is 1.57. The SMILES string of the molecule is C/C1=C/C[C@H](C)C[C@@H]2[C@H]([C@@H]3C=C4COC(C)(C)O[C@H]4[C@@](O)(CC3=O)[C@H]1OC(=O)N(C)[C@@H](C)c1ccccc1)C2(C)C. The highest BCUT2D eigenvalue weighted by atomic mass is 16.7. The maximum atomic E-state index is 14.1. The topological polar surface area (TPSA) is 85.3 Å². The maximum Gasteiger partial charge on any atom is 0.410 e. The van der Waals surface area contributed by atoms with Gasteiger partial charge in [0.25, 0.3) is 0 Å². The van der Waals surface area contributed by atoms with Crippen LogP contribution in [0.3, 0.4) is 0 Å². The second-order valence-electron chi connectivity index (χ2n) is 14.0. The van der Waals surface area contributed by atoms with Crippen molar-refractivity contribution in [3.05, 3.63) is 59.2 Å². The van der Waals surface area contributed by atoms with E-state index in [1.54, 1.807) is 7.05 Å². The van der Waals surface area contributed by atoms with Gasteiger partial charge in [-0.05, 0) is 80.4 Å². The molecular formula is C34H47NO6. The van der Waals surface area contributed by atoms with Crippen molar-refractivity contribution in [2.24, 2.45) is 29.1 Å². The van der Waals surface area contributed by atoms with Crippen molar-refractivity contribution in [1.82, 2.24) is 4.90 Å². The van der Waals surface area contributed by atoms with Gasteiger partial charge in [-0.25, -0.2) is 4.79 Å². The number of nitrogens with zero attached hydrogens (tertiary/aromatic N) is 1. The van der Waals surface area contributed by atoms with Gasteiger partial charge in [-0.1, -0.05) is 63.3 Å². The van der Waals surface area contributed by atoms with Gasteiger partial charge in [0, 0.05) is 19.4 Å². The van der Waals surface area contributed by atoms with Gasteiger partial charge in [0.2, 0.25) is 0 Å². The number of hydrogen-bond donors (Lipinski definition) is 1. The van der Waals surface area contributed by atoms with Crippen LogP contribution in [0.15, 0.2) is 53.6 Å². The molecular weight excluding hydrogens is 518 g/mol. The standard InChI is InChI=1S/C34H47NO6/c1-20-14-15-21(2)29(40-31(37)35(8)22(3)23-12-10-9-11-13-23)34(38)18-27(36)25(28-26(16-20)32(28,4)5)17-24-19-39-33(6,7)41-30(24)34/h9-13,15,17,20,22,25-26,28-30,38H,14,16,18-19H2,1-8H3/b21-15-/t20-,22-,25+,26+,28-,29-,30+,34+/m0/s1. The summed E-state index contributed by atoms with van der Waals surface area (Å²) in [6.07, 6.45) is 3.21. The van der Waals surface area contributed by atoms with Crippen LogP contribution in [0.5, 0.6) is 0 Å². The van der Waals surface area contributed by atoms with Crippen molar-refractivity contribution >= 4 is 11.9 Å². The van der Waals surface area contributed by atoms with Crippen LogP contribution in [0, 0.1) is 29.1 Å². The van der Waals surface area contributed by atoms with Crippen molar-refractivity contribution in [3.8, 4) is 0 Å². The largest absolute Gasteiger partial charge is 0.438 e. The van der Waals surface area contributed by atoms with Crippen LogP contribution in [0.2, 0.25) is 0 Å². The van der Waals surface area contributed by atoms with Crippen molar-refractivity contribution in [3.63, 3.8) is 0 Å². The van der Waals surface area contributed by atoms with Crippen LogP contribution in [0.1, 0.15) is 79.3 Å². The Bertz CT molecular complexity index is 1230. The zero-order valence-corrected chi connectivity index (χ0v) is 25.8. The van der Waals surface area contributed by atoms with Crippen LogP contribution < -0.4 is 0 Å². The lowest BCUT2D eigenvalue weighted by Gasteiger charge is -2.47. The molecule has 1 aromatic rings. The van der Waals surface area contributed by atoms with Crippen LogP contribution in [-0.2, 0) is 19.0 Å². The molecule has 1 N–H and O–H groups in total. The molecule has 0 unspecified atom stereocenters. The molecule has 1 heterocycles. The molecule has 224 valence electrons. The molecule has 41 heavy (non-hydrogen) atoms. The molecule has 4 aliphatic rings. The van der Waals surface area contributed by atoms with Crippen molar-refractivity contribution in [2.75, 3.05) is 13.7 Å². The monoisotopic (exact) mass is 565 g/mol. The molecule has 8 atom stereocenters. The summed E-state index contributed by atoms with van der Waals surface area (Å²) in [6, 6.07) is 9.49. The molecule has 0 aromatic heterocycles. The number of aliphatic hydroxyl groups is 1. The first kappa shape index (κ1) is 30.0. The minimum absolute atomic E-state index is 0.0220. The van der Waals surface area contributed by atoms with Crippen LogP contribution in [0.25, 0.3) is 0 Å². The van der Waals surface area contributed by atoms with E-state index in [1.807, 2.05) is 64.1 Å². The van der Waals surface area contributed by atoms with Crippen LogP contribution in [-0.4, -0.2) is 59.1 Å². The second-order valence-corrected chi connectivity index (χ2v) is 14.0. The average Bonchev–Trinajstić information content (AvgIpc) is 3.48. The lowest BCUT2D eigenvalue weighted by atomic mass is 9.78. The minimum atomic E-state index is -1.80. The molecule has 1 saturated heterocycles. The summed E-state index contributed by atoms with van der Waals surface area (Å²) < 4.78 is 18.7. The van der Waals surface area contributed by atoms with Gasteiger partial charge in [-0.3, -0.25) is 4.79 Å². The third-order valence-corrected chi connectivity index (χ3v) is 10.3. The van der Waals surface area contributed by atoms with E-state index >= 15 is 0 Å². The van der Waals surface area contributed by atoms with Gasteiger partial charge < -0.3 is 24.2 Å². The van der Waals surface area contributed by atoms with Gasteiger partial charge in [0.1, 0.15) is 17.5 Å². The summed E-state index contributed by atoms with van der Waals surface area (Å²) in [5.74, 6) is -0.370. The highest BCUT2D eigenvalue weighted by molar-refractivity contribution is 5.86. The Kier molecular flexibility index (Phi) is 7.80. The minimum Gasteiger partial charge on any atom is -0.438 e. The predicted molar refractivity (Wildman–Crippen MR) is 157 cm³/mol. The van der Waals surface area contributed by atoms with E-state index in [4.69, 9.17) is 14.2 Å². The molecule has 0 radical (unpaired) electrons. The Labute approximate surface area is 244 Å².